The minimum Gasteiger partial charge on any atom is -0.465 e. The molecule has 2 saturated carbocycles. The van der Waals surface area contributed by atoms with E-state index in [2.05, 4.69) is 6.92 Å². The maximum atomic E-state index is 13.0. The van der Waals surface area contributed by atoms with Crippen molar-refractivity contribution >= 4 is 11.9 Å². The lowest BCUT2D eigenvalue weighted by Crippen LogP contribution is -2.32. The summed E-state index contributed by atoms with van der Waals surface area (Å²) in [5.74, 6) is 2.57. The Hall–Kier alpha value is -2.56. The summed E-state index contributed by atoms with van der Waals surface area (Å²) in [5, 5.41) is 0. The van der Waals surface area contributed by atoms with E-state index in [0.717, 1.165) is 24.4 Å². The van der Waals surface area contributed by atoms with Gasteiger partial charge in [0.2, 0.25) is 0 Å². The summed E-state index contributed by atoms with van der Waals surface area (Å²) < 4.78 is 10.7. The van der Waals surface area contributed by atoms with E-state index < -0.39 is 5.97 Å². The van der Waals surface area contributed by atoms with Crippen molar-refractivity contribution in [1.29, 1.82) is 0 Å². The molecule has 2 aromatic rings. The molecule has 1 amide bonds. The van der Waals surface area contributed by atoms with Gasteiger partial charge in [-0.25, -0.2) is 4.79 Å². The molecule has 2 fully saturated rings. The van der Waals surface area contributed by atoms with Crippen molar-refractivity contribution in [3.8, 4) is 0 Å². The summed E-state index contributed by atoms with van der Waals surface area (Å²) in [6, 6.07) is 11.0. The van der Waals surface area contributed by atoms with Crippen molar-refractivity contribution in [1.82, 2.24) is 4.90 Å². The predicted molar refractivity (Wildman–Crippen MR) is 95.9 cm³/mol. The van der Waals surface area contributed by atoms with Gasteiger partial charge in [0.25, 0.3) is 5.91 Å². The second kappa shape index (κ2) is 6.63. The van der Waals surface area contributed by atoms with Gasteiger partial charge in [-0.2, -0.15) is 0 Å². The van der Waals surface area contributed by atoms with E-state index >= 15 is 0 Å². The molecule has 5 heteroatoms. The maximum Gasteiger partial charge on any atom is 0.337 e. The Morgan fingerprint density at radius 1 is 1.19 bits per heavy atom. The van der Waals surface area contributed by atoms with E-state index in [0.29, 0.717) is 29.5 Å². The van der Waals surface area contributed by atoms with Gasteiger partial charge < -0.3 is 14.1 Å². The average molecular weight is 353 g/mol. The first-order chi connectivity index (χ1) is 12.6. The Morgan fingerprint density at radius 3 is 2.58 bits per heavy atom. The summed E-state index contributed by atoms with van der Waals surface area (Å²) in [6.45, 7) is 2.69. The second-order valence-electron chi connectivity index (χ2n) is 7.36. The highest BCUT2D eigenvalue weighted by Gasteiger charge is 2.37. The van der Waals surface area contributed by atoms with E-state index in [1.54, 1.807) is 24.3 Å². The highest BCUT2D eigenvalue weighted by atomic mass is 16.5. The number of hydrogen-bond donors (Lipinski definition) is 0. The van der Waals surface area contributed by atoms with Crippen LogP contribution in [0.2, 0.25) is 0 Å². The lowest BCUT2D eigenvalue weighted by molar-refractivity contribution is 0.0600. The maximum absolute atomic E-state index is 13.0. The highest BCUT2D eigenvalue weighted by molar-refractivity contribution is 5.98. The van der Waals surface area contributed by atoms with Crippen LogP contribution in [-0.4, -0.2) is 29.9 Å². The average Bonchev–Trinajstić information content (AvgIpc) is 3.58. The number of amides is 1. The number of furan rings is 1. The number of nitrogens with zero attached hydrogens (tertiary/aromatic N) is 1. The quantitative estimate of drug-likeness (QED) is 0.737. The largest absolute Gasteiger partial charge is 0.465 e. The Balaban J connectivity index is 1.52. The molecule has 2 aliphatic carbocycles. The molecule has 2 aliphatic rings. The molecule has 1 aromatic heterocycles. The van der Waals surface area contributed by atoms with Crippen molar-refractivity contribution in [2.24, 2.45) is 5.92 Å². The van der Waals surface area contributed by atoms with Gasteiger partial charge in [0.1, 0.15) is 11.5 Å². The third-order valence-electron chi connectivity index (χ3n) is 5.26. The smallest absolute Gasteiger partial charge is 0.337 e. The van der Waals surface area contributed by atoms with Crippen molar-refractivity contribution < 1.29 is 18.7 Å². The van der Waals surface area contributed by atoms with Crippen LogP contribution in [0.4, 0.5) is 0 Å². The molecule has 0 aliphatic heterocycles. The molecule has 1 aromatic carbocycles. The van der Waals surface area contributed by atoms with Crippen molar-refractivity contribution in [2.75, 3.05) is 7.11 Å². The highest BCUT2D eigenvalue weighted by Crippen LogP contribution is 2.47. The number of ether oxygens (including phenoxy) is 1. The number of benzene rings is 1. The van der Waals surface area contributed by atoms with Crippen molar-refractivity contribution in [3.63, 3.8) is 0 Å². The lowest BCUT2D eigenvalue weighted by atomic mass is 10.1. The Morgan fingerprint density at radius 2 is 1.92 bits per heavy atom. The number of methoxy groups -OCH3 is 1. The summed E-state index contributed by atoms with van der Waals surface area (Å²) in [6.07, 6.45) is 3.20. The van der Waals surface area contributed by atoms with Crippen LogP contribution >= 0.6 is 0 Å². The standard InChI is InChI=1S/C21H23NO4/c1-13-10-18(13)19-9-8-17(26-19)12-22(16-6-7-16)20(23)14-4-3-5-15(11-14)21(24)25-2/h3-5,8-9,11,13,16,18H,6-7,10,12H2,1-2H3. The monoisotopic (exact) mass is 353 g/mol. The van der Waals surface area contributed by atoms with Crippen LogP contribution in [0.5, 0.6) is 0 Å². The van der Waals surface area contributed by atoms with Gasteiger partial charge in [0.15, 0.2) is 0 Å². The molecule has 136 valence electrons. The van der Waals surface area contributed by atoms with E-state index in [1.165, 1.54) is 13.5 Å². The van der Waals surface area contributed by atoms with Crippen LogP contribution in [-0.2, 0) is 11.3 Å². The van der Waals surface area contributed by atoms with Crippen LogP contribution < -0.4 is 0 Å². The van der Waals surface area contributed by atoms with Crippen LogP contribution in [0, 0.1) is 5.92 Å². The van der Waals surface area contributed by atoms with Gasteiger partial charge in [-0.15, -0.1) is 0 Å². The third-order valence-corrected chi connectivity index (χ3v) is 5.26. The second-order valence-corrected chi connectivity index (χ2v) is 7.36. The number of carbonyl (C=O) groups excluding carboxylic acids is 2. The van der Waals surface area contributed by atoms with Crippen LogP contribution in [0.25, 0.3) is 0 Å². The molecule has 2 unspecified atom stereocenters. The zero-order valence-corrected chi connectivity index (χ0v) is 15.1. The van der Waals surface area contributed by atoms with Crippen molar-refractivity contribution in [2.45, 2.75) is 44.7 Å². The number of hydrogen-bond acceptors (Lipinski definition) is 4. The molecule has 0 saturated heterocycles. The van der Waals surface area contributed by atoms with E-state index in [4.69, 9.17) is 9.15 Å². The van der Waals surface area contributed by atoms with E-state index in [-0.39, 0.29) is 11.9 Å². The third kappa shape index (κ3) is 3.39. The lowest BCUT2D eigenvalue weighted by Gasteiger charge is -2.21. The molecular formula is C21H23NO4. The first-order valence-corrected chi connectivity index (χ1v) is 9.14. The predicted octanol–water partition coefficient (Wildman–Crippen LogP) is 3.99. The molecular weight excluding hydrogens is 330 g/mol. The topological polar surface area (TPSA) is 59.8 Å². The Labute approximate surface area is 152 Å². The van der Waals surface area contributed by atoms with Gasteiger partial charge in [-0.3, -0.25) is 4.79 Å². The molecule has 26 heavy (non-hydrogen) atoms. The molecule has 4 rings (SSSR count). The van der Waals surface area contributed by atoms with Crippen LogP contribution in [0.1, 0.15) is 64.3 Å². The van der Waals surface area contributed by atoms with Crippen LogP contribution in [0.3, 0.4) is 0 Å². The molecule has 0 bridgehead atoms. The van der Waals surface area contributed by atoms with Gasteiger partial charge >= 0.3 is 5.97 Å². The first-order valence-electron chi connectivity index (χ1n) is 9.14. The number of rotatable bonds is 6. The molecule has 0 radical (unpaired) electrons. The van der Waals surface area contributed by atoms with E-state index in [1.807, 2.05) is 17.0 Å². The fourth-order valence-electron chi connectivity index (χ4n) is 3.38. The normalized spacial score (nSPS) is 21.3. The minimum absolute atomic E-state index is 0.0732. The van der Waals surface area contributed by atoms with Gasteiger partial charge in [0, 0.05) is 17.5 Å². The SMILES string of the molecule is COC(=O)c1cccc(C(=O)N(Cc2ccc(C3CC3C)o2)C2CC2)c1. The molecule has 1 heterocycles. The summed E-state index contributed by atoms with van der Waals surface area (Å²) in [5.41, 5.74) is 0.888. The van der Waals surface area contributed by atoms with Gasteiger partial charge in [-0.05, 0) is 55.5 Å². The summed E-state index contributed by atoms with van der Waals surface area (Å²) >= 11 is 0. The zero-order chi connectivity index (χ0) is 18.3. The zero-order valence-electron chi connectivity index (χ0n) is 15.1. The fourth-order valence-corrected chi connectivity index (χ4v) is 3.38. The summed E-state index contributed by atoms with van der Waals surface area (Å²) in [7, 11) is 1.34. The summed E-state index contributed by atoms with van der Waals surface area (Å²) in [4.78, 5) is 26.6. The fraction of sp³-hybridized carbons (Fsp3) is 0.429. The van der Waals surface area contributed by atoms with Crippen LogP contribution in [0.15, 0.2) is 40.8 Å². The van der Waals surface area contributed by atoms with Crippen molar-refractivity contribution in [3.05, 3.63) is 59.0 Å². The molecule has 0 N–H and O–H groups in total. The van der Waals surface area contributed by atoms with Gasteiger partial charge in [0.05, 0.1) is 19.2 Å². The Bertz CT molecular complexity index is 836. The number of esters is 1. The Kier molecular flexibility index (Phi) is 4.31. The van der Waals surface area contributed by atoms with E-state index in [9.17, 15) is 9.59 Å². The minimum atomic E-state index is -0.438. The number of carbonyl (C=O) groups is 2. The molecule has 5 nitrogen and oxygen atoms in total. The first kappa shape index (κ1) is 16.9. The molecule has 2 atom stereocenters. The molecule has 0 spiro atoms. The van der Waals surface area contributed by atoms with Gasteiger partial charge in [-0.1, -0.05) is 13.0 Å².